The van der Waals surface area contributed by atoms with Crippen molar-refractivity contribution in [3.05, 3.63) is 33.4 Å². The zero-order chi connectivity index (χ0) is 11.3. The molecule has 1 aromatic carbocycles. The lowest BCUT2D eigenvalue weighted by Crippen LogP contribution is -2.29. The zero-order valence-corrected chi connectivity index (χ0v) is 12.0. The first-order valence-electron chi connectivity index (χ1n) is 4.89. The molecule has 0 aliphatic heterocycles. The molecule has 0 saturated carbocycles. The number of carbonyl (C=O) groups is 1. The lowest BCUT2D eigenvalue weighted by molar-refractivity contribution is 0.0952. The van der Waals surface area contributed by atoms with E-state index in [1.807, 2.05) is 31.2 Å². The molecule has 3 N–H and O–H groups in total. The molecule has 5 heteroatoms. The SMILES string of the molecule is CC(N)CCNC(=O)c1ccccc1I.Cl. The zero-order valence-electron chi connectivity index (χ0n) is 9.07. The van der Waals surface area contributed by atoms with Gasteiger partial charge in [-0.2, -0.15) is 0 Å². The first kappa shape index (κ1) is 15.7. The van der Waals surface area contributed by atoms with Crippen molar-refractivity contribution in [2.75, 3.05) is 6.54 Å². The standard InChI is InChI=1S/C11H15IN2O.ClH/c1-8(13)6-7-14-11(15)9-4-2-3-5-10(9)12;/h2-5,8H,6-7,13H2,1H3,(H,14,15);1H. The van der Waals surface area contributed by atoms with Crippen molar-refractivity contribution < 1.29 is 4.79 Å². The van der Waals surface area contributed by atoms with Crippen LogP contribution in [0.25, 0.3) is 0 Å². The molecule has 16 heavy (non-hydrogen) atoms. The summed E-state index contributed by atoms with van der Waals surface area (Å²) in [5.41, 5.74) is 6.32. The van der Waals surface area contributed by atoms with Crippen molar-refractivity contribution >= 4 is 40.9 Å². The van der Waals surface area contributed by atoms with E-state index in [2.05, 4.69) is 27.9 Å². The molecule has 0 aliphatic rings. The summed E-state index contributed by atoms with van der Waals surface area (Å²) in [6.07, 6.45) is 0.801. The molecule has 1 amide bonds. The molecule has 0 radical (unpaired) electrons. The van der Waals surface area contributed by atoms with Crippen LogP contribution in [-0.4, -0.2) is 18.5 Å². The summed E-state index contributed by atoms with van der Waals surface area (Å²) in [5, 5.41) is 2.85. The van der Waals surface area contributed by atoms with Gasteiger partial charge in [-0.15, -0.1) is 12.4 Å². The second-order valence-electron chi connectivity index (χ2n) is 3.50. The van der Waals surface area contributed by atoms with E-state index in [1.54, 1.807) is 0 Å². The highest BCUT2D eigenvalue weighted by Gasteiger charge is 2.07. The van der Waals surface area contributed by atoms with Gasteiger partial charge in [0.05, 0.1) is 5.56 Å². The molecule has 0 spiro atoms. The normalized spacial score (nSPS) is 11.4. The van der Waals surface area contributed by atoms with Gasteiger partial charge in [-0.1, -0.05) is 12.1 Å². The number of hydrogen-bond donors (Lipinski definition) is 2. The van der Waals surface area contributed by atoms with Crippen molar-refractivity contribution in [2.24, 2.45) is 5.73 Å². The van der Waals surface area contributed by atoms with E-state index < -0.39 is 0 Å². The molecule has 1 aromatic rings. The van der Waals surface area contributed by atoms with Gasteiger partial charge in [0.2, 0.25) is 0 Å². The van der Waals surface area contributed by atoms with Crippen LogP contribution in [0.1, 0.15) is 23.7 Å². The molecule has 1 unspecified atom stereocenters. The van der Waals surface area contributed by atoms with Crippen molar-refractivity contribution in [1.82, 2.24) is 5.32 Å². The molecular weight excluding hydrogens is 338 g/mol. The summed E-state index contributed by atoms with van der Waals surface area (Å²) >= 11 is 2.16. The number of rotatable bonds is 4. The van der Waals surface area contributed by atoms with Crippen LogP contribution in [0.5, 0.6) is 0 Å². The van der Waals surface area contributed by atoms with Gasteiger partial charge in [-0.3, -0.25) is 4.79 Å². The van der Waals surface area contributed by atoms with Crippen molar-refractivity contribution in [2.45, 2.75) is 19.4 Å². The van der Waals surface area contributed by atoms with Gasteiger partial charge in [0.15, 0.2) is 0 Å². The van der Waals surface area contributed by atoms with Gasteiger partial charge < -0.3 is 11.1 Å². The Morgan fingerprint density at radius 1 is 1.50 bits per heavy atom. The third-order valence-corrected chi connectivity index (χ3v) is 2.94. The van der Waals surface area contributed by atoms with E-state index in [-0.39, 0.29) is 24.4 Å². The lowest BCUT2D eigenvalue weighted by atomic mass is 10.2. The molecule has 1 rings (SSSR count). The molecule has 0 saturated heterocycles. The Morgan fingerprint density at radius 2 is 2.12 bits per heavy atom. The fourth-order valence-corrected chi connectivity index (χ4v) is 1.79. The van der Waals surface area contributed by atoms with E-state index >= 15 is 0 Å². The van der Waals surface area contributed by atoms with Crippen LogP contribution in [0, 0.1) is 3.57 Å². The molecule has 0 aliphatic carbocycles. The minimum Gasteiger partial charge on any atom is -0.352 e. The third-order valence-electron chi connectivity index (χ3n) is 2.00. The Balaban J connectivity index is 0.00000225. The molecule has 3 nitrogen and oxygen atoms in total. The van der Waals surface area contributed by atoms with E-state index in [4.69, 9.17) is 5.73 Å². The number of nitrogens with two attached hydrogens (primary N) is 1. The Kier molecular flexibility index (Phi) is 7.70. The van der Waals surface area contributed by atoms with Crippen molar-refractivity contribution in [3.63, 3.8) is 0 Å². The van der Waals surface area contributed by atoms with Gasteiger partial charge in [0.25, 0.3) is 5.91 Å². The summed E-state index contributed by atoms with van der Waals surface area (Å²) in [5.74, 6) is -0.0272. The number of benzene rings is 1. The van der Waals surface area contributed by atoms with Crippen molar-refractivity contribution in [3.8, 4) is 0 Å². The lowest BCUT2D eigenvalue weighted by Gasteiger charge is -2.08. The van der Waals surface area contributed by atoms with Crippen molar-refractivity contribution in [1.29, 1.82) is 0 Å². The predicted octanol–water partition coefficient (Wildman–Crippen LogP) is 2.18. The Bertz CT molecular complexity index is 345. The first-order valence-corrected chi connectivity index (χ1v) is 5.97. The maximum absolute atomic E-state index is 11.7. The second-order valence-corrected chi connectivity index (χ2v) is 4.66. The van der Waals surface area contributed by atoms with Crippen LogP contribution in [0.4, 0.5) is 0 Å². The second kappa shape index (κ2) is 7.86. The number of halogens is 2. The monoisotopic (exact) mass is 354 g/mol. The number of nitrogens with one attached hydrogen (secondary N) is 1. The highest BCUT2D eigenvalue weighted by atomic mass is 127. The van der Waals surface area contributed by atoms with Crippen LogP contribution in [0.2, 0.25) is 0 Å². The maximum Gasteiger partial charge on any atom is 0.252 e. The highest BCUT2D eigenvalue weighted by molar-refractivity contribution is 14.1. The minimum atomic E-state index is -0.0272. The Labute approximate surface area is 116 Å². The largest absolute Gasteiger partial charge is 0.352 e. The minimum absolute atomic E-state index is 0. The fraction of sp³-hybridized carbons (Fsp3) is 0.364. The van der Waals surface area contributed by atoms with Gasteiger partial charge >= 0.3 is 0 Å². The Hall–Kier alpha value is -0.330. The molecule has 0 aromatic heterocycles. The first-order chi connectivity index (χ1) is 7.11. The van der Waals surface area contributed by atoms with Crippen LogP contribution >= 0.6 is 35.0 Å². The fourth-order valence-electron chi connectivity index (χ4n) is 1.15. The number of hydrogen-bond acceptors (Lipinski definition) is 2. The van der Waals surface area contributed by atoms with E-state index in [0.29, 0.717) is 6.54 Å². The summed E-state index contributed by atoms with van der Waals surface area (Å²) < 4.78 is 0.966. The Morgan fingerprint density at radius 3 is 2.69 bits per heavy atom. The van der Waals surface area contributed by atoms with Crippen LogP contribution < -0.4 is 11.1 Å². The predicted molar refractivity (Wildman–Crippen MR) is 77.0 cm³/mol. The molecule has 90 valence electrons. The highest BCUT2D eigenvalue weighted by Crippen LogP contribution is 2.10. The average molecular weight is 355 g/mol. The smallest absolute Gasteiger partial charge is 0.252 e. The topological polar surface area (TPSA) is 55.1 Å². The molecule has 1 atom stereocenters. The summed E-state index contributed by atoms with van der Waals surface area (Å²) in [6.45, 7) is 2.56. The van der Waals surface area contributed by atoms with Crippen LogP contribution in [0.3, 0.4) is 0 Å². The summed E-state index contributed by atoms with van der Waals surface area (Å²) in [4.78, 5) is 11.7. The van der Waals surface area contributed by atoms with Gasteiger partial charge in [-0.05, 0) is 48.1 Å². The van der Waals surface area contributed by atoms with Crippen LogP contribution in [0.15, 0.2) is 24.3 Å². The van der Waals surface area contributed by atoms with Gasteiger partial charge in [-0.25, -0.2) is 0 Å². The summed E-state index contributed by atoms with van der Waals surface area (Å²) in [7, 11) is 0. The van der Waals surface area contributed by atoms with Gasteiger partial charge in [0, 0.05) is 16.2 Å². The van der Waals surface area contributed by atoms with Crippen LogP contribution in [-0.2, 0) is 0 Å². The average Bonchev–Trinajstić information content (AvgIpc) is 2.17. The van der Waals surface area contributed by atoms with E-state index in [9.17, 15) is 4.79 Å². The van der Waals surface area contributed by atoms with E-state index in [1.165, 1.54) is 0 Å². The molecular formula is C11H16ClIN2O. The van der Waals surface area contributed by atoms with Gasteiger partial charge in [0.1, 0.15) is 0 Å². The summed E-state index contributed by atoms with van der Waals surface area (Å²) in [6, 6.07) is 7.65. The molecule has 0 fully saturated rings. The van der Waals surface area contributed by atoms with E-state index in [0.717, 1.165) is 15.6 Å². The quantitative estimate of drug-likeness (QED) is 0.814. The molecule has 0 bridgehead atoms. The number of amides is 1. The third kappa shape index (κ3) is 5.14. The maximum atomic E-state index is 11.7. The number of carbonyl (C=O) groups excluding carboxylic acids is 1. The molecule has 0 heterocycles.